The van der Waals surface area contributed by atoms with Crippen molar-refractivity contribution >= 4 is 38.6 Å². The Morgan fingerprint density at radius 3 is 2.81 bits per heavy atom. The van der Waals surface area contributed by atoms with E-state index < -0.39 is 11.2 Å². The zero-order valence-corrected chi connectivity index (χ0v) is 18.1. The average molecular weight is 439 g/mol. The average Bonchev–Trinajstić information content (AvgIpc) is 3.39. The van der Waals surface area contributed by atoms with E-state index in [2.05, 4.69) is 4.98 Å². The number of amides is 1. The van der Waals surface area contributed by atoms with Gasteiger partial charge in [0, 0.05) is 20.6 Å². The van der Waals surface area contributed by atoms with Crippen LogP contribution < -0.4 is 11.2 Å². The fourth-order valence-electron chi connectivity index (χ4n) is 4.28. The van der Waals surface area contributed by atoms with E-state index in [1.54, 1.807) is 34.9 Å². The highest BCUT2D eigenvalue weighted by atomic mass is 32.1. The van der Waals surface area contributed by atoms with Crippen molar-refractivity contribution in [1.29, 1.82) is 0 Å². The van der Waals surface area contributed by atoms with Gasteiger partial charge in [-0.2, -0.15) is 0 Å². The summed E-state index contributed by atoms with van der Waals surface area (Å²) >= 11 is 1.59. The molecule has 0 radical (unpaired) electrons. The molecule has 1 aromatic carbocycles. The SMILES string of the molecule is Cn1cnc2c1c(=O)n(CC(=O)N1CCCC[C@@H]1c1nc3ccccc3s1)c(=O)n2C. The van der Waals surface area contributed by atoms with Crippen molar-refractivity contribution < 1.29 is 4.79 Å². The molecule has 160 valence electrons. The van der Waals surface area contributed by atoms with E-state index in [0.717, 1.165) is 39.1 Å². The molecule has 1 atom stereocenters. The van der Waals surface area contributed by atoms with E-state index in [-0.39, 0.29) is 18.5 Å². The van der Waals surface area contributed by atoms with Gasteiger partial charge in [-0.15, -0.1) is 11.3 Å². The fourth-order valence-corrected chi connectivity index (χ4v) is 5.40. The number of hydrogen-bond donors (Lipinski definition) is 0. The van der Waals surface area contributed by atoms with Gasteiger partial charge in [0.05, 0.1) is 22.6 Å². The van der Waals surface area contributed by atoms with Gasteiger partial charge in [-0.1, -0.05) is 12.1 Å². The third kappa shape index (κ3) is 3.18. The van der Waals surface area contributed by atoms with Crippen molar-refractivity contribution in [2.24, 2.45) is 14.1 Å². The molecule has 0 N–H and O–H groups in total. The van der Waals surface area contributed by atoms with Gasteiger partial charge in [0.15, 0.2) is 11.2 Å². The monoisotopic (exact) mass is 438 g/mol. The third-order valence-electron chi connectivity index (χ3n) is 5.91. The first-order chi connectivity index (χ1) is 15.0. The summed E-state index contributed by atoms with van der Waals surface area (Å²) in [6.45, 7) is 0.288. The molecule has 1 aliphatic rings. The lowest BCUT2D eigenvalue weighted by atomic mass is 10.0. The standard InChI is InChI=1S/C21H22N6O3S/c1-24-12-22-18-17(24)20(29)27(21(30)25(18)2)11-16(28)26-10-6-5-8-14(26)19-23-13-7-3-4-9-15(13)31-19/h3-4,7,9,12,14H,5-6,8,10-11H2,1-2H3/t14-/m1/s1. The minimum absolute atomic E-state index is 0.140. The first kappa shape index (κ1) is 19.7. The predicted octanol–water partition coefficient (Wildman–Crippen LogP) is 1.80. The van der Waals surface area contributed by atoms with E-state index in [9.17, 15) is 14.4 Å². The third-order valence-corrected chi connectivity index (χ3v) is 7.05. The van der Waals surface area contributed by atoms with E-state index in [0.29, 0.717) is 17.7 Å². The molecule has 0 aliphatic carbocycles. The second kappa shape index (κ2) is 7.45. The molecule has 0 unspecified atom stereocenters. The number of imidazole rings is 1. The van der Waals surface area contributed by atoms with Crippen molar-refractivity contribution in [3.05, 3.63) is 56.4 Å². The van der Waals surface area contributed by atoms with E-state index in [4.69, 9.17) is 4.98 Å². The van der Waals surface area contributed by atoms with Crippen LogP contribution >= 0.6 is 11.3 Å². The van der Waals surface area contributed by atoms with Crippen LogP contribution in [0.1, 0.15) is 30.3 Å². The molecule has 10 heteroatoms. The van der Waals surface area contributed by atoms with Gasteiger partial charge in [-0.25, -0.2) is 19.3 Å². The summed E-state index contributed by atoms with van der Waals surface area (Å²) in [5, 5.41) is 0.900. The number of thiazole rings is 1. The molecule has 0 spiro atoms. The lowest BCUT2D eigenvalue weighted by molar-refractivity contribution is -0.135. The summed E-state index contributed by atoms with van der Waals surface area (Å²) in [5.41, 5.74) is 0.494. The molecule has 4 aromatic rings. The minimum Gasteiger partial charge on any atom is -0.332 e. The number of nitrogens with zero attached hydrogens (tertiary/aromatic N) is 6. The maximum atomic E-state index is 13.3. The molecule has 0 saturated carbocycles. The molecule has 5 rings (SSSR count). The number of carbonyl (C=O) groups excluding carboxylic acids is 1. The molecule has 1 amide bonds. The molecule has 4 heterocycles. The van der Waals surface area contributed by atoms with Gasteiger partial charge >= 0.3 is 5.69 Å². The molecular weight excluding hydrogens is 416 g/mol. The molecule has 1 aliphatic heterocycles. The lowest BCUT2D eigenvalue weighted by Gasteiger charge is -2.34. The number of carbonyl (C=O) groups is 1. The number of aryl methyl sites for hydroxylation is 2. The predicted molar refractivity (Wildman–Crippen MR) is 118 cm³/mol. The van der Waals surface area contributed by atoms with E-state index >= 15 is 0 Å². The smallest absolute Gasteiger partial charge is 0.332 e. The Morgan fingerprint density at radius 1 is 1.19 bits per heavy atom. The van der Waals surface area contributed by atoms with Gasteiger partial charge in [0.2, 0.25) is 5.91 Å². The maximum Gasteiger partial charge on any atom is 0.332 e. The van der Waals surface area contributed by atoms with Crippen LogP contribution in [0, 0.1) is 0 Å². The van der Waals surface area contributed by atoms with Crippen LogP contribution in [0.4, 0.5) is 0 Å². The quantitative estimate of drug-likeness (QED) is 0.486. The summed E-state index contributed by atoms with van der Waals surface area (Å²) in [7, 11) is 3.25. The van der Waals surface area contributed by atoms with Crippen LogP contribution in [0.5, 0.6) is 0 Å². The highest BCUT2D eigenvalue weighted by Crippen LogP contribution is 2.35. The van der Waals surface area contributed by atoms with Crippen molar-refractivity contribution in [3.8, 4) is 0 Å². The number of para-hydroxylation sites is 1. The molecule has 1 fully saturated rings. The van der Waals surface area contributed by atoms with E-state index in [1.807, 2.05) is 24.3 Å². The van der Waals surface area contributed by atoms with Crippen LogP contribution in [0.15, 0.2) is 40.2 Å². The number of benzene rings is 1. The van der Waals surface area contributed by atoms with Gasteiger partial charge in [-0.3, -0.25) is 14.2 Å². The number of likely N-dealkylation sites (tertiary alicyclic amines) is 1. The summed E-state index contributed by atoms with van der Waals surface area (Å²) < 4.78 is 4.98. The topological polar surface area (TPSA) is 95.0 Å². The number of fused-ring (bicyclic) bond motifs is 2. The number of rotatable bonds is 3. The van der Waals surface area contributed by atoms with Crippen LogP contribution in [0.3, 0.4) is 0 Å². The Kier molecular flexibility index (Phi) is 4.73. The van der Waals surface area contributed by atoms with Gasteiger partial charge in [0.25, 0.3) is 5.56 Å². The summed E-state index contributed by atoms with van der Waals surface area (Å²) in [6.07, 6.45) is 4.21. The van der Waals surface area contributed by atoms with Crippen LogP contribution in [0.25, 0.3) is 21.4 Å². The van der Waals surface area contributed by atoms with Crippen molar-refractivity contribution in [2.75, 3.05) is 6.54 Å². The molecule has 3 aromatic heterocycles. The Bertz CT molecular complexity index is 1400. The maximum absolute atomic E-state index is 13.3. The first-order valence-electron chi connectivity index (χ1n) is 10.2. The zero-order valence-electron chi connectivity index (χ0n) is 17.3. The van der Waals surface area contributed by atoms with Crippen LogP contribution in [-0.2, 0) is 25.4 Å². The highest BCUT2D eigenvalue weighted by molar-refractivity contribution is 7.18. The Labute approximate surface area is 181 Å². The van der Waals surface area contributed by atoms with Crippen LogP contribution in [-0.4, -0.2) is 41.0 Å². The fraction of sp³-hybridized carbons (Fsp3) is 0.381. The van der Waals surface area contributed by atoms with Crippen molar-refractivity contribution in [3.63, 3.8) is 0 Å². The molecular formula is C21H22N6O3S. The lowest BCUT2D eigenvalue weighted by Crippen LogP contribution is -2.46. The van der Waals surface area contributed by atoms with Crippen LogP contribution in [0.2, 0.25) is 0 Å². The van der Waals surface area contributed by atoms with Crippen molar-refractivity contribution in [1.82, 2.24) is 28.6 Å². The number of aromatic nitrogens is 5. The number of hydrogen-bond acceptors (Lipinski definition) is 6. The second-order valence-electron chi connectivity index (χ2n) is 7.88. The van der Waals surface area contributed by atoms with Gasteiger partial charge in [-0.05, 0) is 31.4 Å². The molecule has 9 nitrogen and oxygen atoms in total. The Balaban J connectivity index is 1.51. The molecule has 1 saturated heterocycles. The Morgan fingerprint density at radius 2 is 2.00 bits per heavy atom. The normalized spacial score (nSPS) is 17.0. The second-order valence-corrected chi connectivity index (χ2v) is 8.94. The van der Waals surface area contributed by atoms with Crippen molar-refractivity contribution in [2.45, 2.75) is 31.8 Å². The molecule has 0 bridgehead atoms. The van der Waals surface area contributed by atoms with Gasteiger partial charge in [0.1, 0.15) is 11.6 Å². The Hall–Kier alpha value is -3.27. The summed E-state index contributed by atoms with van der Waals surface area (Å²) in [5.74, 6) is -0.246. The highest BCUT2D eigenvalue weighted by Gasteiger charge is 2.31. The molecule has 31 heavy (non-hydrogen) atoms. The van der Waals surface area contributed by atoms with E-state index in [1.165, 1.54) is 10.9 Å². The first-order valence-corrected chi connectivity index (χ1v) is 11.0. The largest absolute Gasteiger partial charge is 0.332 e. The number of piperidine rings is 1. The summed E-state index contributed by atoms with van der Waals surface area (Å²) in [4.78, 5) is 49.7. The zero-order chi connectivity index (χ0) is 21.7. The summed E-state index contributed by atoms with van der Waals surface area (Å²) in [6, 6.07) is 7.78. The minimum atomic E-state index is -0.543. The van der Waals surface area contributed by atoms with Gasteiger partial charge < -0.3 is 9.47 Å².